The zero-order valence-corrected chi connectivity index (χ0v) is 14.9. The van der Waals surface area contributed by atoms with Crippen LogP contribution in [0.15, 0.2) is 42.5 Å². The summed E-state index contributed by atoms with van der Waals surface area (Å²) in [5.74, 6) is -0.217. The molecular weight excluding hydrogens is 301 g/mol. The van der Waals surface area contributed by atoms with Gasteiger partial charge in [-0.1, -0.05) is 49.2 Å². The first-order valence-electron chi connectivity index (χ1n) is 8.69. The van der Waals surface area contributed by atoms with Crippen molar-refractivity contribution >= 4 is 0 Å². The van der Waals surface area contributed by atoms with E-state index in [1.165, 1.54) is 28.8 Å². The summed E-state index contributed by atoms with van der Waals surface area (Å²) >= 11 is 0. The first-order chi connectivity index (χ1) is 11.5. The van der Waals surface area contributed by atoms with Gasteiger partial charge in [0.15, 0.2) is 0 Å². The number of aryl methyl sites for hydroxylation is 2. The van der Waals surface area contributed by atoms with E-state index in [2.05, 4.69) is 43.9 Å². The van der Waals surface area contributed by atoms with Crippen molar-refractivity contribution in [1.82, 2.24) is 4.90 Å². The van der Waals surface area contributed by atoms with E-state index in [4.69, 9.17) is 0 Å². The second kappa shape index (κ2) is 8.95. The van der Waals surface area contributed by atoms with Crippen LogP contribution in [0.2, 0.25) is 0 Å². The minimum absolute atomic E-state index is 0.217. The number of hydrogen-bond donors (Lipinski definition) is 1. The van der Waals surface area contributed by atoms with Gasteiger partial charge in [-0.15, -0.1) is 0 Å². The molecule has 2 aromatic carbocycles. The van der Waals surface area contributed by atoms with E-state index in [1.54, 1.807) is 0 Å². The molecule has 0 saturated heterocycles. The maximum absolute atomic E-state index is 13.1. The van der Waals surface area contributed by atoms with Crippen LogP contribution < -0.4 is 0 Å². The standard InChI is InChI=1S/C21H28FNO/c1-4-5-21(24)15-23(13-18-8-10-20(22)11-9-18)14-19-12-16(2)6-7-17(19)3/h6-12,21,24H,4-5,13-15H2,1-3H3. The molecule has 0 aliphatic heterocycles. The molecule has 0 aliphatic rings. The molecular formula is C21H28FNO. The molecule has 0 aromatic heterocycles. The SMILES string of the molecule is CCCC(O)CN(Cc1ccc(F)cc1)Cc1cc(C)ccc1C. The fraction of sp³-hybridized carbons (Fsp3) is 0.429. The lowest BCUT2D eigenvalue weighted by atomic mass is 10.0. The highest BCUT2D eigenvalue weighted by Gasteiger charge is 2.14. The summed E-state index contributed by atoms with van der Waals surface area (Å²) < 4.78 is 13.1. The topological polar surface area (TPSA) is 23.5 Å². The first-order valence-corrected chi connectivity index (χ1v) is 8.69. The van der Waals surface area contributed by atoms with Crippen LogP contribution in [0.25, 0.3) is 0 Å². The lowest BCUT2D eigenvalue weighted by Gasteiger charge is -2.26. The number of hydrogen-bond acceptors (Lipinski definition) is 2. The Bertz CT molecular complexity index is 639. The van der Waals surface area contributed by atoms with Gasteiger partial charge in [0.1, 0.15) is 5.82 Å². The number of aliphatic hydroxyl groups excluding tert-OH is 1. The second-order valence-electron chi connectivity index (χ2n) is 6.67. The monoisotopic (exact) mass is 329 g/mol. The molecule has 24 heavy (non-hydrogen) atoms. The maximum Gasteiger partial charge on any atom is 0.123 e. The van der Waals surface area contributed by atoms with Crippen LogP contribution in [0.4, 0.5) is 4.39 Å². The Morgan fingerprint density at radius 1 is 1.04 bits per heavy atom. The smallest absolute Gasteiger partial charge is 0.123 e. The van der Waals surface area contributed by atoms with Gasteiger partial charge in [0.2, 0.25) is 0 Å². The predicted molar refractivity (Wildman–Crippen MR) is 97.3 cm³/mol. The molecule has 0 spiro atoms. The Morgan fingerprint density at radius 2 is 1.75 bits per heavy atom. The van der Waals surface area contributed by atoms with Crippen molar-refractivity contribution < 1.29 is 9.50 Å². The molecule has 3 heteroatoms. The number of rotatable bonds is 8. The summed E-state index contributed by atoms with van der Waals surface area (Å²) in [6.07, 6.45) is 1.43. The molecule has 0 saturated carbocycles. The van der Waals surface area contributed by atoms with E-state index >= 15 is 0 Å². The fourth-order valence-corrected chi connectivity index (χ4v) is 2.97. The Kier molecular flexibility index (Phi) is 6.95. The molecule has 0 amide bonds. The average molecular weight is 329 g/mol. The molecule has 0 heterocycles. The van der Waals surface area contributed by atoms with Gasteiger partial charge in [-0.3, -0.25) is 4.90 Å². The Labute approximate surface area is 144 Å². The van der Waals surface area contributed by atoms with Gasteiger partial charge in [0, 0.05) is 19.6 Å². The van der Waals surface area contributed by atoms with E-state index in [0.717, 1.165) is 24.9 Å². The van der Waals surface area contributed by atoms with Crippen molar-refractivity contribution in [1.29, 1.82) is 0 Å². The zero-order chi connectivity index (χ0) is 17.5. The van der Waals surface area contributed by atoms with Crippen LogP contribution in [0, 0.1) is 19.7 Å². The van der Waals surface area contributed by atoms with Crippen molar-refractivity contribution in [2.24, 2.45) is 0 Å². The zero-order valence-electron chi connectivity index (χ0n) is 14.9. The van der Waals surface area contributed by atoms with Crippen molar-refractivity contribution in [2.75, 3.05) is 6.54 Å². The number of halogens is 1. The molecule has 0 bridgehead atoms. The van der Waals surface area contributed by atoms with E-state index in [1.807, 2.05) is 12.1 Å². The van der Waals surface area contributed by atoms with Crippen LogP contribution in [-0.4, -0.2) is 22.7 Å². The van der Waals surface area contributed by atoms with Gasteiger partial charge in [-0.25, -0.2) is 4.39 Å². The van der Waals surface area contributed by atoms with Gasteiger partial charge < -0.3 is 5.11 Å². The average Bonchev–Trinajstić information content (AvgIpc) is 2.53. The third kappa shape index (κ3) is 5.73. The number of aliphatic hydroxyl groups is 1. The molecule has 0 fully saturated rings. The van der Waals surface area contributed by atoms with Gasteiger partial charge in [-0.05, 0) is 49.1 Å². The van der Waals surface area contributed by atoms with Crippen molar-refractivity contribution in [3.63, 3.8) is 0 Å². The molecule has 2 rings (SSSR count). The van der Waals surface area contributed by atoms with Gasteiger partial charge >= 0.3 is 0 Å². The van der Waals surface area contributed by atoms with E-state index in [9.17, 15) is 9.50 Å². The largest absolute Gasteiger partial charge is 0.392 e. The normalized spacial score (nSPS) is 12.6. The third-order valence-corrected chi connectivity index (χ3v) is 4.31. The van der Waals surface area contributed by atoms with E-state index in [0.29, 0.717) is 13.1 Å². The molecule has 130 valence electrons. The summed E-state index contributed by atoms with van der Waals surface area (Å²) in [7, 11) is 0. The van der Waals surface area contributed by atoms with Crippen LogP contribution in [0.3, 0.4) is 0 Å². The van der Waals surface area contributed by atoms with E-state index < -0.39 is 0 Å². The Balaban J connectivity index is 2.15. The lowest BCUT2D eigenvalue weighted by Crippen LogP contribution is -2.32. The minimum Gasteiger partial charge on any atom is -0.392 e. The molecule has 2 nitrogen and oxygen atoms in total. The van der Waals surface area contributed by atoms with Crippen LogP contribution in [-0.2, 0) is 13.1 Å². The summed E-state index contributed by atoms with van der Waals surface area (Å²) in [6.45, 7) is 8.41. The molecule has 1 atom stereocenters. The summed E-state index contributed by atoms with van der Waals surface area (Å²) in [5.41, 5.74) is 4.84. The quantitative estimate of drug-likeness (QED) is 0.765. The number of benzene rings is 2. The molecule has 0 aliphatic carbocycles. The fourth-order valence-electron chi connectivity index (χ4n) is 2.97. The van der Waals surface area contributed by atoms with Crippen LogP contribution in [0.1, 0.15) is 42.0 Å². The van der Waals surface area contributed by atoms with Crippen LogP contribution >= 0.6 is 0 Å². The molecule has 1 N–H and O–H groups in total. The summed E-state index contributed by atoms with van der Waals surface area (Å²) in [6, 6.07) is 13.1. The highest BCUT2D eigenvalue weighted by atomic mass is 19.1. The highest BCUT2D eigenvalue weighted by Crippen LogP contribution is 2.17. The maximum atomic E-state index is 13.1. The number of nitrogens with zero attached hydrogens (tertiary/aromatic N) is 1. The van der Waals surface area contributed by atoms with E-state index in [-0.39, 0.29) is 11.9 Å². The second-order valence-corrected chi connectivity index (χ2v) is 6.67. The molecule has 1 unspecified atom stereocenters. The lowest BCUT2D eigenvalue weighted by molar-refractivity contribution is 0.0969. The van der Waals surface area contributed by atoms with Gasteiger partial charge in [0.25, 0.3) is 0 Å². The van der Waals surface area contributed by atoms with Crippen LogP contribution in [0.5, 0.6) is 0 Å². The summed E-state index contributed by atoms with van der Waals surface area (Å²) in [5, 5.41) is 10.2. The third-order valence-electron chi connectivity index (χ3n) is 4.31. The predicted octanol–water partition coefficient (Wildman–Crippen LogP) is 4.61. The van der Waals surface area contributed by atoms with Gasteiger partial charge in [0.05, 0.1) is 6.10 Å². The van der Waals surface area contributed by atoms with Crippen molar-refractivity contribution in [3.05, 3.63) is 70.5 Å². The first kappa shape index (κ1) is 18.6. The van der Waals surface area contributed by atoms with Crippen molar-refractivity contribution in [3.8, 4) is 0 Å². The Hall–Kier alpha value is -1.71. The molecule has 2 aromatic rings. The molecule has 0 radical (unpaired) electrons. The summed E-state index contributed by atoms with van der Waals surface area (Å²) in [4.78, 5) is 2.25. The van der Waals surface area contributed by atoms with Crippen molar-refractivity contribution in [2.45, 2.75) is 52.8 Å². The highest BCUT2D eigenvalue weighted by molar-refractivity contribution is 5.30. The van der Waals surface area contributed by atoms with Gasteiger partial charge in [-0.2, -0.15) is 0 Å². The minimum atomic E-state index is -0.333. The Morgan fingerprint density at radius 3 is 2.42 bits per heavy atom.